The quantitative estimate of drug-likeness (QED) is 0.687. The molecule has 0 bridgehead atoms. The van der Waals surface area contributed by atoms with E-state index in [1.54, 1.807) is 7.11 Å². The fraction of sp³-hybridized carbons (Fsp3) is 0.786. The van der Waals surface area contributed by atoms with E-state index in [1.165, 1.54) is 19.3 Å². The summed E-state index contributed by atoms with van der Waals surface area (Å²) in [5.41, 5.74) is 1.07. The lowest BCUT2D eigenvalue weighted by atomic mass is 10.1. The highest BCUT2D eigenvalue weighted by molar-refractivity contribution is 5.28. The van der Waals surface area contributed by atoms with Gasteiger partial charge in [-0.15, -0.1) is 0 Å². The average molecular weight is 253 g/mol. The molecule has 0 aliphatic rings. The number of aryl methyl sites for hydroxylation is 2. The van der Waals surface area contributed by atoms with Crippen LogP contribution in [-0.4, -0.2) is 29.8 Å². The molecule has 1 rings (SSSR count). The van der Waals surface area contributed by atoms with E-state index in [1.807, 2.05) is 6.92 Å². The molecule has 0 amide bonds. The maximum Gasteiger partial charge on any atom is 0.203 e. The Hall–Kier alpha value is -1.03. The maximum atomic E-state index is 5.04. The molecular weight excluding hydrogens is 226 g/mol. The molecule has 4 heteroatoms. The van der Waals surface area contributed by atoms with Crippen molar-refractivity contribution in [1.82, 2.24) is 9.55 Å². The van der Waals surface area contributed by atoms with E-state index >= 15 is 0 Å². The lowest BCUT2D eigenvalue weighted by molar-refractivity contribution is 0.210. The van der Waals surface area contributed by atoms with Crippen LogP contribution in [0.25, 0.3) is 0 Å². The third kappa shape index (κ3) is 5.54. The zero-order valence-corrected chi connectivity index (χ0v) is 12.2. The van der Waals surface area contributed by atoms with Gasteiger partial charge >= 0.3 is 0 Å². The van der Waals surface area contributed by atoms with Gasteiger partial charge in [-0.1, -0.05) is 26.7 Å². The minimum Gasteiger partial charge on any atom is -0.383 e. The highest BCUT2D eigenvalue weighted by Crippen LogP contribution is 2.12. The molecule has 0 atom stereocenters. The van der Waals surface area contributed by atoms with Crippen LogP contribution in [0.3, 0.4) is 0 Å². The van der Waals surface area contributed by atoms with Crippen LogP contribution in [0.1, 0.15) is 38.8 Å². The van der Waals surface area contributed by atoms with E-state index in [4.69, 9.17) is 4.74 Å². The third-order valence-corrected chi connectivity index (χ3v) is 2.92. The van der Waals surface area contributed by atoms with Crippen molar-refractivity contribution >= 4 is 5.95 Å². The van der Waals surface area contributed by atoms with Gasteiger partial charge in [-0.2, -0.15) is 0 Å². The Morgan fingerprint density at radius 2 is 2.17 bits per heavy atom. The average Bonchev–Trinajstić information content (AvgIpc) is 2.65. The molecule has 1 N–H and O–H groups in total. The van der Waals surface area contributed by atoms with Crippen molar-refractivity contribution in [2.24, 2.45) is 5.92 Å². The second-order valence-electron chi connectivity index (χ2n) is 5.21. The van der Waals surface area contributed by atoms with Crippen LogP contribution < -0.4 is 5.32 Å². The number of nitrogens with zero attached hydrogens (tertiary/aromatic N) is 2. The summed E-state index contributed by atoms with van der Waals surface area (Å²) in [6.45, 7) is 9.14. The Balaban J connectivity index is 2.38. The molecule has 4 nitrogen and oxygen atoms in total. The lowest BCUT2D eigenvalue weighted by Gasteiger charge is -2.10. The summed E-state index contributed by atoms with van der Waals surface area (Å²) >= 11 is 0. The highest BCUT2D eigenvalue weighted by Gasteiger charge is 2.04. The van der Waals surface area contributed by atoms with E-state index in [-0.39, 0.29) is 0 Å². The fourth-order valence-electron chi connectivity index (χ4n) is 1.96. The Kier molecular flexibility index (Phi) is 6.80. The fourth-order valence-corrected chi connectivity index (χ4v) is 1.96. The largest absolute Gasteiger partial charge is 0.383 e. The first kappa shape index (κ1) is 15.0. The monoisotopic (exact) mass is 253 g/mol. The minimum absolute atomic E-state index is 0.708. The first-order valence-corrected chi connectivity index (χ1v) is 6.90. The van der Waals surface area contributed by atoms with Crippen molar-refractivity contribution in [3.05, 3.63) is 11.9 Å². The van der Waals surface area contributed by atoms with Gasteiger partial charge in [0.05, 0.1) is 12.3 Å². The Morgan fingerprint density at radius 1 is 1.39 bits per heavy atom. The normalized spacial score (nSPS) is 11.2. The second kappa shape index (κ2) is 8.14. The van der Waals surface area contributed by atoms with Crippen molar-refractivity contribution in [1.29, 1.82) is 0 Å². The van der Waals surface area contributed by atoms with Crippen molar-refractivity contribution in [2.45, 2.75) is 46.6 Å². The first-order chi connectivity index (χ1) is 8.63. The number of ether oxygens (including phenoxy) is 1. The summed E-state index contributed by atoms with van der Waals surface area (Å²) in [4.78, 5) is 4.49. The maximum absolute atomic E-state index is 5.04. The number of aromatic nitrogens is 2. The number of methoxy groups -OCH3 is 1. The van der Waals surface area contributed by atoms with Gasteiger partial charge < -0.3 is 14.6 Å². The predicted molar refractivity (Wildman–Crippen MR) is 76.0 cm³/mol. The number of nitrogens with one attached hydrogen (secondary N) is 1. The summed E-state index contributed by atoms with van der Waals surface area (Å²) < 4.78 is 7.25. The van der Waals surface area contributed by atoms with Crippen LogP contribution in [0.15, 0.2) is 6.20 Å². The number of rotatable bonds is 9. The predicted octanol–water partition coefficient (Wildman–Crippen LogP) is 3.08. The second-order valence-corrected chi connectivity index (χ2v) is 5.21. The summed E-state index contributed by atoms with van der Waals surface area (Å²) in [6.07, 6.45) is 5.92. The molecule has 1 aromatic heterocycles. The molecule has 18 heavy (non-hydrogen) atoms. The van der Waals surface area contributed by atoms with Gasteiger partial charge in [-0.25, -0.2) is 4.98 Å². The van der Waals surface area contributed by atoms with Gasteiger partial charge in [-0.3, -0.25) is 0 Å². The number of hydrogen-bond donors (Lipinski definition) is 1. The summed E-state index contributed by atoms with van der Waals surface area (Å²) in [6, 6.07) is 0. The number of hydrogen-bond acceptors (Lipinski definition) is 3. The van der Waals surface area contributed by atoms with E-state index in [0.29, 0.717) is 6.61 Å². The van der Waals surface area contributed by atoms with Gasteiger partial charge in [0, 0.05) is 26.4 Å². The van der Waals surface area contributed by atoms with Crippen LogP contribution in [0.2, 0.25) is 0 Å². The van der Waals surface area contributed by atoms with Crippen molar-refractivity contribution in [3.8, 4) is 0 Å². The summed E-state index contributed by atoms with van der Waals surface area (Å²) in [5, 5.41) is 3.31. The Labute approximate surface area is 111 Å². The Bertz CT molecular complexity index is 334. The van der Waals surface area contributed by atoms with E-state index in [0.717, 1.165) is 30.6 Å². The van der Waals surface area contributed by atoms with Crippen LogP contribution in [0, 0.1) is 12.8 Å². The van der Waals surface area contributed by atoms with Gasteiger partial charge in [0.1, 0.15) is 0 Å². The molecule has 0 saturated heterocycles. The molecule has 0 spiro atoms. The van der Waals surface area contributed by atoms with Crippen molar-refractivity contribution < 1.29 is 4.74 Å². The molecular formula is C14H27N3O. The summed E-state index contributed by atoms with van der Waals surface area (Å²) in [5.74, 6) is 1.77. The van der Waals surface area contributed by atoms with Crippen LogP contribution in [0.5, 0.6) is 0 Å². The van der Waals surface area contributed by atoms with Gasteiger partial charge in [-0.05, 0) is 19.3 Å². The number of unbranched alkanes of at least 4 members (excludes halogenated alkanes) is 1. The molecule has 0 saturated carbocycles. The lowest BCUT2D eigenvalue weighted by Crippen LogP contribution is -2.12. The minimum atomic E-state index is 0.708. The van der Waals surface area contributed by atoms with Crippen molar-refractivity contribution in [2.75, 3.05) is 25.6 Å². The molecule has 0 unspecified atom stereocenters. The standard InChI is InChI=1S/C14H27N3O/c1-12(2)7-5-6-9-17-11-13(3)16-14(17)15-8-10-18-4/h11-12H,5-10H2,1-4H3,(H,15,16). The van der Waals surface area contributed by atoms with Crippen LogP contribution >= 0.6 is 0 Å². The van der Waals surface area contributed by atoms with Crippen LogP contribution in [-0.2, 0) is 11.3 Å². The molecule has 104 valence electrons. The van der Waals surface area contributed by atoms with Gasteiger partial charge in [0.2, 0.25) is 5.95 Å². The summed E-state index contributed by atoms with van der Waals surface area (Å²) in [7, 11) is 1.71. The molecule has 0 fully saturated rings. The van der Waals surface area contributed by atoms with Gasteiger partial charge in [0.25, 0.3) is 0 Å². The van der Waals surface area contributed by atoms with E-state index < -0.39 is 0 Å². The molecule has 0 aromatic carbocycles. The zero-order valence-electron chi connectivity index (χ0n) is 12.2. The van der Waals surface area contributed by atoms with E-state index in [9.17, 15) is 0 Å². The zero-order chi connectivity index (χ0) is 13.4. The number of imidazole rings is 1. The van der Waals surface area contributed by atoms with Crippen molar-refractivity contribution in [3.63, 3.8) is 0 Å². The number of anilines is 1. The van der Waals surface area contributed by atoms with Crippen LogP contribution in [0.4, 0.5) is 5.95 Å². The topological polar surface area (TPSA) is 39.1 Å². The SMILES string of the molecule is COCCNc1nc(C)cn1CCCCC(C)C. The smallest absolute Gasteiger partial charge is 0.203 e. The Morgan fingerprint density at radius 3 is 2.83 bits per heavy atom. The molecule has 0 aliphatic heterocycles. The molecule has 0 radical (unpaired) electrons. The molecule has 1 heterocycles. The highest BCUT2D eigenvalue weighted by atomic mass is 16.5. The third-order valence-electron chi connectivity index (χ3n) is 2.92. The molecule has 0 aliphatic carbocycles. The van der Waals surface area contributed by atoms with E-state index in [2.05, 4.69) is 34.9 Å². The van der Waals surface area contributed by atoms with Gasteiger partial charge in [0.15, 0.2) is 0 Å². The first-order valence-electron chi connectivity index (χ1n) is 6.90. The molecule has 1 aromatic rings.